The topological polar surface area (TPSA) is 66.9 Å². The van der Waals surface area contributed by atoms with E-state index >= 15 is 0 Å². The summed E-state index contributed by atoms with van der Waals surface area (Å²) < 4.78 is 0. The number of benzene rings is 3. The summed E-state index contributed by atoms with van der Waals surface area (Å²) in [6.45, 7) is 0. The van der Waals surface area contributed by atoms with Gasteiger partial charge >= 0.3 is 0 Å². The summed E-state index contributed by atoms with van der Waals surface area (Å²) in [7, 11) is 0. The van der Waals surface area contributed by atoms with Crippen LogP contribution in [-0.2, 0) is 0 Å². The van der Waals surface area contributed by atoms with Crippen molar-refractivity contribution in [3.63, 3.8) is 0 Å². The minimum Gasteiger partial charge on any atom is -0.258 e. The van der Waals surface area contributed by atoms with E-state index in [1.807, 2.05) is 36.4 Å². The number of rotatable bonds is 1. The molecule has 3 aromatic rings. The quantitative estimate of drug-likeness (QED) is 0.309. The van der Waals surface area contributed by atoms with Crippen LogP contribution in [0, 0.1) is 21.4 Å². The van der Waals surface area contributed by atoms with Crippen molar-refractivity contribution in [2.75, 3.05) is 0 Å². The lowest BCUT2D eigenvalue weighted by Gasteiger charge is -2.42. The Morgan fingerprint density at radius 2 is 1.38 bits per heavy atom. The smallest absolute Gasteiger partial charge is 0.258 e. The molecule has 0 unspecified atom stereocenters. The van der Waals surface area contributed by atoms with E-state index in [1.54, 1.807) is 0 Å². The molecule has 124 valence electrons. The predicted octanol–water partition coefficient (Wildman–Crippen LogP) is 5.11. The van der Waals surface area contributed by atoms with E-state index in [0.29, 0.717) is 11.1 Å². The van der Waals surface area contributed by atoms with Crippen molar-refractivity contribution in [2.45, 2.75) is 11.8 Å². The van der Waals surface area contributed by atoms with Crippen LogP contribution in [0.25, 0.3) is 0 Å². The van der Waals surface area contributed by atoms with Crippen LogP contribution >= 0.6 is 11.6 Å². The van der Waals surface area contributed by atoms with Crippen LogP contribution in [0.4, 0.5) is 5.69 Å². The molecule has 0 saturated carbocycles. The lowest BCUT2D eigenvalue weighted by Crippen LogP contribution is -2.29. The van der Waals surface area contributed by atoms with Gasteiger partial charge in [-0.3, -0.25) is 10.1 Å². The van der Waals surface area contributed by atoms with Crippen LogP contribution in [-0.4, -0.2) is 4.92 Å². The Bertz CT molecular complexity index is 1120. The average molecular weight is 359 g/mol. The Morgan fingerprint density at radius 1 is 0.923 bits per heavy atom. The summed E-state index contributed by atoms with van der Waals surface area (Å²) in [6, 6.07) is 19.6. The molecule has 0 atom stereocenters. The third-order valence-electron chi connectivity index (χ3n) is 5.45. The van der Waals surface area contributed by atoms with E-state index in [2.05, 4.69) is 18.2 Å². The Labute approximate surface area is 154 Å². The summed E-state index contributed by atoms with van der Waals surface area (Å²) in [4.78, 5) is 11.0. The molecule has 6 rings (SSSR count). The van der Waals surface area contributed by atoms with E-state index < -0.39 is 4.92 Å². The third-order valence-corrected chi connectivity index (χ3v) is 5.85. The summed E-state index contributed by atoms with van der Waals surface area (Å²) in [5.41, 5.74) is 6.14. The number of nitriles is 1. The summed E-state index contributed by atoms with van der Waals surface area (Å²) >= 11 is 6.53. The van der Waals surface area contributed by atoms with Crippen molar-refractivity contribution >= 4 is 17.3 Å². The van der Waals surface area contributed by atoms with Gasteiger partial charge in [-0.2, -0.15) is 5.26 Å². The minimum absolute atomic E-state index is 0.129. The molecule has 3 aliphatic rings. The first-order chi connectivity index (χ1) is 12.6. The van der Waals surface area contributed by atoms with Crippen molar-refractivity contribution < 1.29 is 4.92 Å². The van der Waals surface area contributed by atoms with E-state index in [4.69, 9.17) is 11.6 Å². The molecule has 26 heavy (non-hydrogen) atoms. The number of nitro benzene ring substituents is 1. The number of hydrogen-bond donors (Lipinski definition) is 0. The van der Waals surface area contributed by atoms with Crippen molar-refractivity contribution in [3.05, 3.63) is 109 Å². The van der Waals surface area contributed by atoms with E-state index in [-0.39, 0.29) is 22.5 Å². The molecule has 0 saturated heterocycles. The molecule has 0 spiro atoms. The predicted molar refractivity (Wildman–Crippen MR) is 97.6 cm³/mol. The second-order valence-electron chi connectivity index (χ2n) is 6.58. The number of nitrogens with zero attached hydrogens (tertiary/aromatic N) is 2. The lowest BCUT2D eigenvalue weighted by molar-refractivity contribution is -0.384. The molecule has 3 aromatic carbocycles. The maximum absolute atomic E-state index is 11.5. The minimum atomic E-state index is -0.510. The molecule has 0 aromatic heterocycles. The maximum atomic E-state index is 11.5. The Balaban J connectivity index is 1.96. The second kappa shape index (κ2) is 5.17. The maximum Gasteiger partial charge on any atom is 0.289 e. The average Bonchev–Trinajstić information content (AvgIpc) is 2.67. The van der Waals surface area contributed by atoms with Gasteiger partial charge in [-0.25, -0.2) is 0 Å². The van der Waals surface area contributed by atoms with Crippen molar-refractivity contribution in [1.29, 1.82) is 5.26 Å². The molecule has 0 radical (unpaired) electrons. The van der Waals surface area contributed by atoms with Gasteiger partial charge in [0.1, 0.15) is 5.02 Å². The van der Waals surface area contributed by atoms with Crippen LogP contribution in [0.15, 0.2) is 54.6 Å². The molecule has 0 amide bonds. The van der Waals surface area contributed by atoms with Gasteiger partial charge in [-0.05, 0) is 33.4 Å². The first-order valence-corrected chi connectivity index (χ1v) is 8.59. The van der Waals surface area contributed by atoms with Gasteiger partial charge in [0.2, 0.25) is 0 Å². The van der Waals surface area contributed by atoms with Crippen LogP contribution < -0.4 is 0 Å². The molecular formula is C21H11ClN2O2. The summed E-state index contributed by atoms with van der Waals surface area (Å²) in [5.74, 6) is -0.322. The summed E-state index contributed by atoms with van der Waals surface area (Å²) in [5, 5.41) is 21.3. The Hall–Kier alpha value is -3.16. The highest BCUT2D eigenvalue weighted by atomic mass is 35.5. The van der Waals surface area contributed by atoms with E-state index in [1.165, 1.54) is 6.07 Å². The van der Waals surface area contributed by atoms with Gasteiger partial charge in [-0.1, -0.05) is 60.1 Å². The molecule has 4 nitrogen and oxygen atoms in total. The SMILES string of the molecule is N#Cc1cc([N+](=O)[O-])c(Cl)c2c1C1c3ccccc3C2c2ccccc21. The number of halogens is 1. The fourth-order valence-electron chi connectivity index (χ4n) is 4.53. The molecule has 3 aliphatic carbocycles. The normalized spacial score (nSPS) is 18.5. The highest BCUT2D eigenvalue weighted by molar-refractivity contribution is 6.34. The Kier molecular flexibility index (Phi) is 3.01. The highest BCUT2D eigenvalue weighted by Crippen LogP contribution is 2.59. The zero-order valence-electron chi connectivity index (χ0n) is 13.4. The first-order valence-electron chi connectivity index (χ1n) is 8.22. The van der Waals surface area contributed by atoms with Gasteiger partial charge in [-0.15, -0.1) is 0 Å². The number of hydrogen-bond acceptors (Lipinski definition) is 3. The standard InChI is InChI=1S/C21H11ClN2O2/c22-21-16(24(25)26)9-11(10-23)17-18-12-5-1-3-7-14(12)19(20(17)21)15-8-4-2-6-13(15)18/h1-9,18-19H. The van der Waals surface area contributed by atoms with Crippen LogP contribution in [0.2, 0.25) is 5.02 Å². The molecule has 0 N–H and O–H groups in total. The van der Waals surface area contributed by atoms with Crippen LogP contribution in [0.3, 0.4) is 0 Å². The Morgan fingerprint density at radius 3 is 1.81 bits per heavy atom. The van der Waals surface area contributed by atoms with Crippen molar-refractivity contribution in [3.8, 4) is 6.07 Å². The largest absolute Gasteiger partial charge is 0.289 e. The molecular weight excluding hydrogens is 348 g/mol. The lowest BCUT2D eigenvalue weighted by atomic mass is 9.60. The van der Waals surface area contributed by atoms with Gasteiger partial charge in [0, 0.05) is 17.9 Å². The fraction of sp³-hybridized carbons (Fsp3) is 0.0952. The van der Waals surface area contributed by atoms with Gasteiger partial charge in [0.15, 0.2) is 0 Å². The van der Waals surface area contributed by atoms with E-state index in [0.717, 1.165) is 27.8 Å². The third kappa shape index (κ3) is 1.73. The highest BCUT2D eigenvalue weighted by Gasteiger charge is 2.45. The van der Waals surface area contributed by atoms with E-state index in [9.17, 15) is 15.4 Å². The number of nitro groups is 1. The molecule has 0 aliphatic heterocycles. The zero-order valence-corrected chi connectivity index (χ0v) is 14.2. The molecule has 0 heterocycles. The molecule has 2 bridgehead atoms. The first kappa shape index (κ1) is 15.1. The monoisotopic (exact) mass is 358 g/mol. The van der Waals surface area contributed by atoms with Crippen LogP contribution in [0.1, 0.15) is 50.8 Å². The zero-order chi connectivity index (χ0) is 18.0. The van der Waals surface area contributed by atoms with Crippen LogP contribution in [0.5, 0.6) is 0 Å². The second-order valence-corrected chi connectivity index (χ2v) is 6.96. The fourth-order valence-corrected chi connectivity index (χ4v) is 4.86. The van der Waals surface area contributed by atoms with Crippen molar-refractivity contribution in [2.24, 2.45) is 0 Å². The molecule has 0 fully saturated rings. The van der Waals surface area contributed by atoms with Crippen molar-refractivity contribution in [1.82, 2.24) is 0 Å². The van der Waals surface area contributed by atoms with Gasteiger partial charge in [0.05, 0.1) is 16.6 Å². The molecule has 5 heteroatoms. The summed E-state index contributed by atoms with van der Waals surface area (Å²) in [6.07, 6.45) is 0. The van der Waals surface area contributed by atoms with Gasteiger partial charge < -0.3 is 0 Å². The van der Waals surface area contributed by atoms with Gasteiger partial charge in [0.25, 0.3) is 5.69 Å².